The summed E-state index contributed by atoms with van der Waals surface area (Å²) in [6.45, 7) is 6.16. The zero-order valence-corrected chi connectivity index (χ0v) is 13.1. The third-order valence-corrected chi connectivity index (χ3v) is 3.79. The Morgan fingerprint density at radius 2 is 1.90 bits per heavy atom. The molecule has 5 heteroatoms. The van der Waals surface area contributed by atoms with E-state index in [2.05, 4.69) is 15.5 Å². The Bertz CT molecular complexity index is 438. The number of rotatable bonds is 6. The van der Waals surface area contributed by atoms with Crippen molar-refractivity contribution in [2.75, 3.05) is 58.3 Å². The molecule has 1 aromatic carbocycles. The van der Waals surface area contributed by atoms with Crippen molar-refractivity contribution in [1.29, 1.82) is 0 Å². The molecule has 0 atom stereocenters. The van der Waals surface area contributed by atoms with Crippen LogP contribution in [0.15, 0.2) is 24.3 Å². The van der Waals surface area contributed by atoms with E-state index in [1.807, 2.05) is 43.3 Å². The summed E-state index contributed by atoms with van der Waals surface area (Å²) in [6.07, 6.45) is 1.00. The number of carbonyl (C=O) groups is 1. The van der Waals surface area contributed by atoms with E-state index < -0.39 is 0 Å². The highest BCUT2D eigenvalue weighted by Gasteiger charge is 2.09. The summed E-state index contributed by atoms with van der Waals surface area (Å²) >= 11 is 0. The van der Waals surface area contributed by atoms with Gasteiger partial charge in [0.25, 0.3) is 5.91 Å². The second-order valence-electron chi connectivity index (χ2n) is 5.64. The molecule has 1 aromatic rings. The Labute approximate surface area is 127 Å². The number of hydrogen-bond donors (Lipinski definition) is 2. The van der Waals surface area contributed by atoms with Crippen molar-refractivity contribution in [3.63, 3.8) is 0 Å². The largest absolute Gasteiger partial charge is 0.378 e. The highest BCUT2D eigenvalue weighted by atomic mass is 16.1. The van der Waals surface area contributed by atoms with Crippen LogP contribution in [0, 0.1) is 0 Å². The van der Waals surface area contributed by atoms with Crippen LogP contribution in [0.5, 0.6) is 0 Å². The predicted molar refractivity (Wildman–Crippen MR) is 87.0 cm³/mol. The number of amides is 1. The van der Waals surface area contributed by atoms with Gasteiger partial charge >= 0.3 is 0 Å². The van der Waals surface area contributed by atoms with Gasteiger partial charge in [-0.1, -0.05) is 0 Å². The molecule has 0 saturated carbocycles. The number of nitrogens with one attached hydrogen (secondary N) is 2. The van der Waals surface area contributed by atoms with Crippen LogP contribution in [0.4, 0.5) is 5.69 Å². The monoisotopic (exact) mass is 290 g/mol. The molecule has 1 aliphatic heterocycles. The normalized spacial score (nSPS) is 15.7. The molecule has 1 saturated heterocycles. The summed E-state index contributed by atoms with van der Waals surface area (Å²) in [7, 11) is 3.98. The summed E-state index contributed by atoms with van der Waals surface area (Å²) in [5.41, 5.74) is 1.83. The Balaban J connectivity index is 1.69. The first-order chi connectivity index (χ1) is 10.2. The van der Waals surface area contributed by atoms with Gasteiger partial charge in [-0.2, -0.15) is 0 Å². The van der Waals surface area contributed by atoms with Gasteiger partial charge in [-0.15, -0.1) is 0 Å². The quantitative estimate of drug-likeness (QED) is 0.760. The maximum atomic E-state index is 12.0. The summed E-state index contributed by atoms with van der Waals surface area (Å²) in [5.74, 6) is 0.0145. The van der Waals surface area contributed by atoms with E-state index in [4.69, 9.17) is 0 Å². The van der Waals surface area contributed by atoms with Gasteiger partial charge in [0, 0.05) is 58.1 Å². The molecule has 2 rings (SSSR count). The number of benzene rings is 1. The molecule has 0 aliphatic carbocycles. The number of anilines is 1. The van der Waals surface area contributed by atoms with Gasteiger partial charge in [0.2, 0.25) is 0 Å². The standard InChI is InChI=1S/C16H26N4O/c1-19(2)15-6-4-14(5-7-15)16(21)18-8-3-11-20-12-9-17-10-13-20/h4-7,17H,3,8-13H2,1-2H3,(H,18,21). The molecule has 5 nitrogen and oxygen atoms in total. The Hall–Kier alpha value is -1.59. The number of nitrogens with zero attached hydrogens (tertiary/aromatic N) is 2. The van der Waals surface area contributed by atoms with Crippen LogP contribution < -0.4 is 15.5 Å². The molecule has 0 unspecified atom stereocenters. The molecule has 1 heterocycles. The van der Waals surface area contributed by atoms with Gasteiger partial charge in [-0.05, 0) is 37.2 Å². The van der Waals surface area contributed by atoms with Gasteiger partial charge in [0.05, 0.1) is 0 Å². The lowest BCUT2D eigenvalue weighted by molar-refractivity contribution is 0.0951. The summed E-state index contributed by atoms with van der Waals surface area (Å²) in [4.78, 5) is 16.5. The lowest BCUT2D eigenvalue weighted by atomic mass is 10.2. The van der Waals surface area contributed by atoms with Crippen LogP contribution in [0.1, 0.15) is 16.8 Å². The Kier molecular flexibility index (Phi) is 6.02. The molecule has 21 heavy (non-hydrogen) atoms. The van der Waals surface area contributed by atoms with Gasteiger partial charge in [0.15, 0.2) is 0 Å². The zero-order valence-electron chi connectivity index (χ0n) is 13.1. The number of piperazine rings is 1. The summed E-state index contributed by atoms with van der Waals surface area (Å²) < 4.78 is 0. The van der Waals surface area contributed by atoms with E-state index in [9.17, 15) is 4.79 Å². The predicted octanol–water partition coefficient (Wildman–Crippen LogP) is 0.778. The van der Waals surface area contributed by atoms with Crippen LogP contribution >= 0.6 is 0 Å². The first kappa shape index (κ1) is 15.8. The molecular formula is C16H26N4O. The molecule has 0 bridgehead atoms. The molecule has 1 amide bonds. The van der Waals surface area contributed by atoms with Crippen LogP contribution in [0.2, 0.25) is 0 Å². The maximum absolute atomic E-state index is 12.0. The number of carbonyl (C=O) groups excluding carboxylic acids is 1. The molecular weight excluding hydrogens is 264 g/mol. The lowest BCUT2D eigenvalue weighted by Gasteiger charge is -2.27. The zero-order chi connectivity index (χ0) is 15.1. The minimum Gasteiger partial charge on any atom is -0.378 e. The van der Waals surface area contributed by atoms with Gasteiger partial charge in [0.1, 0.15) is 0 Å². The van der Waals surface area contributed by atoms with Crippen molar-refractivity contribution in [3.05, 3.63) is 29.8 Å². The molecule has 0 spiro atoms. The molecule has 1 fully saturated rings. The Morgan fingerprint density at radius 1 is 1.24 bits per heavy atom. The van der Waals surface area contributed by atoms with Crippen molar-refractivity contribution in [2.45, 2.75) is 6.42 Å². The molecule has 0 radical (unpaired) electrons. The number of hydrogen-bond acceptors (Lipinski definition) is 4. The van der Waals surface area contributed by atoms with E-state index in [1.165, 1.54) is 0 Å². The van der Waals surface area contributed by atoms with Crippen LogP contribution in [0.3, 0.4) is 0 Å². The highest BCUT2D eigenvalue weighted by Crippen LogP contribution is 2.12. The topological polar surface area (TPSA) is 47.6 Å². The smallest absolute Gasteiger partial charge is 0.251 e. The van der Waals surface area contributed by atoms with E-state index in [0.717, 1.165) is 56.9 Å². The average molecular weight is 290 g/mol. The third kappa shape index (κ3) is 5.02. The van der Waals surface area contributed by atoms with Crippen LogP contribution in [-0.2, 0) is 0 Å². The third-order valence-electron chi connectivity index (χ3n) is 3.79. The van der Waals surface area contributed by atoms with E-state index in [-0.39, 0.29) is 5.91 Å². The fourth-order valence-corrected chi connectivity index (χ4v) is 2.45. The molecule has 1 aliphatic rings. The van der Waals surface area contributed by atoms with Crippen molar-refractivity contribution in [3.8, 4) is 0 Å². The van der Waals surface area contributed by atoms with E-state index in [0.29, 0.717) is 0 Å². The molecule has 2 N–H and O–H groups in total. The highest BCUT2D eigenvalue weighted by molar-refractivity contribution is 5.94. The average Bonchev–Trinajstić information content (AvgIpc) is 2.52. The minimum atomic E-state index is 0.0145. The molecule has 0 aromatic heterocycles. The maximum Gasteiger partial charge on any atom is 0.251 e. The second-order valence-corrected chi connectivity index (χ2v) is 5.64. The minimum absolute atomic E-state index is 0.0145. The Morgan fingerprint density at radius 3 is 2.52 bits per heavy atom. The van der Waals surface area contributed by atoms with Gasteiger partial charge < -0.3 is 20.4 Å². The van der Waals surface area contributed by atoms with E-state index >= 15 is 0 Å². The fourth-order valence-electron chi connectivity index (χ4n) is 2.45. The summed E-state index contributed by atoms with van der Waals surface area (Å²) in [6, 6.07) is 7.69. The molecule has 116 valence electrons. The van der Waals surface area contributed by atoms with Crippen molar-refractivity contribution in [1.82, 2.24) is 15.5 Å². The summed E-state index contributed by atoms with van der Waals surface area (Å²) in [5, 5.41) is 6.33. The van der Waals surface area contributed by atoms with Gasteiger partial charge in [-0.3, -0.25) is 4.79 Å². The van der Waals surface area contributed by atoms with Crippen LogP contribution in [-0.4, -0.2) is 64.2 Å². The van der Waals surface area contributed by atoms with E-state index in [1.54, 1.807) is 0 Å². The lowest BCUT2D eigenvalue weighted by Crippen LogP contribution is -2.44. The van der Waals surface area contributed by atoms with Gasteiger partial charge in [-0.25, -0.2) is 0 Å². The second kappa shape index (κ2) is 8.00. The SMILES string of the molecule is CN(C)c1ccc(C(=O)NCCCN2CCNCC2)cc1. The van der Waals surface area contributed by atoms with Crippen molar-refractivity contribution < 1.29 is 4.79 Å². The van der Waals surface area contributed by atoms with Crippen LogP contribution in [0.25, 0.3) is 0 Å². The first-order valence-electron chi connectivity index (χ1n) is 7.65. The van der Waals surface area contributed by atoms with Crippen molar-refractivity contribution >= 4 is 11.6 Å². The fraction of sp³-hybridized carbons (Fsp3) is 0.562. The first-order valence-corrected chi connectivity index (χ1v) is 7.65. The van der Waals surface area contributed by atoms with Crippen molar-refractivity contribution in [2.24, 2.45) is 0 Å².